The van der Waals surface area contributed by atoms with Gasteiger partial charge in [-0.05, 0) is 19.8 Å². The molecule has 23 heavy (non-hydrogen) atoms. The molecule has 1 amide bonds. The molecule has 3 aromatic rings. The van der Waals surface area contributed by atoms with Crippen molar-refractivity contribution in [2.24, 2.45) is 0 Å². The van der Waals surface area contributed by atoms with Gasteiger partial charge in [-0.25, -0.2) is 9.97 Å². The smallest absolute Gasteiger partial charge is 0.269 e. The number of thiazole rings is 2. The minimum atomic E-state index is -0.126. The van der Waals surface area contributed by atoms with E-state index in [1.165, 1.54) is 41.1 Å². The Kier molecular flexibility index (Phi) is 3.71. The minimum absolute atomic E-state index is 0.126. The number of rotatable bonds is 4. The average molecular weight is 341 g/mol. The second-order valence-corrected chi connectivity index (χ2v) is 7.62. The molecule has 0 unspecified atom stereocenters. The monoisotopic (exact) mass is 341 g/mol. The quantitative estimate of drug-likeness (QED) is 0.748. The van der Waals surface area contributed by atoms with Crippen LogP contribution in [0.25, 0.3) is 11.3 Å². The lowest BCUT2D eigenvalue weighted by Crippen LogP contribution is -2.09. The summed E-state index contributed by atoms with van der Waals surface area (Å²) < 4.78 is 0. The van der Waals surface area contributed by atoms with E-state index < -0.39 is 0 Å². The van der Waals surface area contributed by atoms with Crippen LogP contribution in [0.5, 0.6) is 0 Å². The van der Waals surface area contributed by atoms with Gasteiger partial charge < -0.3 is 0 Å². The SMILES string of the molecule is Cc1ccc(-c2csc(NC(=O)c3cnc(C4CC4)s3)n2)cc1. The number of carbonyl (C=O) groups excluding carboxylic acids is 1. The summed E-state index contributed by atoms with van der Waals surface area (Å²) in [5.74, 6) is 0.453. The first kappa shape index (κ1) is 14.5. The molecule has 1 aliphatic carbocycles. The van der Waals surface area contributed by atoms with Crippen LogP contribution in [-0.4, -0.2) is 15.9 Å². The number of carbonyl (C=O) groups is 1. The summed E-state index contributed by atoms with van der Waals surface area (Å²) in [6, 6.07) is 8.20. The zero-order valence-corrected chi connectivity index (χ0v) is 14.2. The number of hydrogen-bond donors (Lipinski definition) is 1. The second-order valence-electron chi connectivity index (χ2n) is 5.70. The summed E-state index contributed by atoms with van der Waals surface area (Å²) >= 11 is 2.93. The predicted octanol–water partition coefficient (Wildman–Crippen LogP) is 4.70. The highest BCUT2D eigenvalue weighted by molar-refractivity contribution is 7.15. The van der Waals surface area contributed by atoms with E-state index in [2.05, 4.69) is 34.3 Å². The standard InChI is InChI=1S/C17H15N3OS2/c1-10-2-4-11(5-3-10)13-9-22-17(19-13)20-15(21)14-8-18-16(23-14)12-6-7-12/h2-5,8-9,12H,6-7H2,1H3,(H,19,20,21). The van der Waals surface area contributed by atoms with Gasteiger partial charge in [-0.3, -0.25) is 10.1 Å². The topological polar surface area (TPSA) is 54.9 Å². The Bertz CT molecular complexity index is 847. The zero-order chi connectivity index (χ0) is 15.8. The van der Waals surface area contributed by atoms with Gasteiger partial charge in [0, 0.05) is 16.9 Å². The summed E-state index contributed by atoms with van der Waals surface area (Å²) in [6.45, 7) is 2.06. The van der Waals surface area contributed by atoms with Crippen molar-refractivity contribution in [3.63, 3.8) is 0 Å². The van der Waals surface area contributed by atoms with E-state index in [0.717, 1.165) is 16.3 Å². The van der Waals surface area contributed by atoms with E-state index >= 15 is 0 Å². The molecule has 6 heteroatoms. The Morgan fingerprint density at radius 2 is 2.04 bits per heavy atom. The molecule has 0 radical (unpaired) electrons. The lowest BCUT2D eigenvalue weighted by Gasteiger charge is -1.99. The van der Waals surface area contributed by atoms with Crippen LogP contribution in [0.3, 0.4) is 0 Å². The van der Waals surface area contributed by atoms with Gasteiger partial charge in [0.15, 0.2) is 5.13 Å². The molecule has 0 aliphatic heterocycles. The summed E-state index contributed by atoms with van der Waals surface area (Å²) in [7, 11) is 0. The Hall–Kier alpha value is -2.05. The maximum absolute atomic E-state index is 12.3. The molecule has 0 atom stereocenters. The highest BCUT2D eigenvalue weighted by atomic mass is 32.1. The molecule has 0 saturated heterocycles. The summed E-state index contributed by atoms with van der Waals surface area (Å²) in [5.41, 5.74) is 3.16. The number of benzene rings is 1. The Morgan fingerprint density at radius 1 is 1.26 bits per heavy atom. The van der Waals surface area contributed by atoms with Crippen molar-refractivity contribution in [2.45, 2.75) is 25.7 Å². The van der Waals surface area contributed by atoms with E-state index in [9.17, 15) is 4.79 Å². The molecule has 4 nitrogen and oxygen atoms in total. The molecule has 1 aromatic carbocycles. The fraction of sp³-hybridized carbons (Fsp3) is 0.235. The number of aryl methyl sites for hydroxylation is 1. The van der Waals surface area contributed by atoms with Crippen molar-refractivity contribution in [3.05, 3.63) is 51.3 Å². The molecule has 4 rings (SSSR count). The normalized spacial score (nSPS) is 14.0. The van der Waals surface area contributed by atoms with Crippen molar-refractivity contribution < 1.29 is 4.79 Å². The van der Waals surface area contributed by atoms with Crippen molar-refractivity contribution in [3.8, 4) is 11.3 Å². The first-order valence-electron chi connectivity index (χ1n) is 7.49. The second kappa shape index (κ2) is 5.86. The number of nitrogens with zero attached hydrogens (tertiary/aromatic N) is 2. The number of hydrogen-bond acceptors (Lipinski definition) is 5. The van der Waals surface area contributed by atoms with E-state index in [1.807, 2.05) is 17.5 Å². The van der Waals surface area contributed by atoms with E-state index in [1.54, 1.807) is 6.20 Å². The molecule has 1 N–H and O–H groups in total. The van der Waals surface area contributed by atoms with Gasteiger partial charge in [-0.2, -0.15) is 0 Å². The van der Waals surface area contributed by atoms with Crippen molar-refractivity contribution in [1.29, 1.82) is 0 Å². The molecule has 2 aromatic heterocycles. The number of aromatic nitrogens is 2. The number of amides is 1. The van der Waals surface area contributed by atoms with Crippen LogP contribution in [0.4, 0.5) is 5.13 Å². The zero-order valence-electron chi connectivity index (χ0n) is 12.6. The highest BCUT2D eigenvalue weighted by Gasteiger charge is 2.27. The molecular weight excluding hydrogens is 326 g/mol. The van der Waals surface area contributed by atoms with Crippen LogP contribution in [0, 0.1) is 6.92 Å². The van der Waals surface area contributed by atoms with Gasteiger partial charge in [0.05, 0.1) is 16.9 Å². The third kappa shape index (κ3) is 3.18. The summed E-state index contributed by atoms with van der Waals surface area (Å²) in [5, 5.41) is 6.53. The third-order valence-electron chi connectivity index (χ3n) is 3.75. The summed E-state index contributed by atoms with van der Waals surface area (Å²) in [6.07, 6.45) is 4.06. The third-order valence-corrected chi connectivity index (χ3v) is 5.66. The number of nitrogens with one attached hydrogen (secondary N) is 1. The first-order valence-corrected chi connectivity index (χ1v) is 9.18. The van der Waals surface area contributed by atoms with Gasteiger partial charge >= 0.3 is 0 Å². The van der Waals surface area contributed by atoms with E-state index in [0.29, 0.717) is 15.9 Å². The van der Waals surface area contributed by atoms with Gasteiger partial charge in [0.25, 0.3) is 5.91 Å². The maximum atomic E-state index is 12.3. The molecule has 1 saturated carbocycles. The van der Waals surface area contributed by atoms with Gasteiger partial charge in [0.1, 0.15) is 4.88 Å². The highest BCUT2D eigenvalue weighted by Crippen LogP contribution is 2.41. The number of anilines is 1. The molecule has 2 heterocycles. The van der Waals surface area contributed by atoms with Gasteiger partial charge in [0.2, 0.25) is 0 Å². The first-order chi connectivity index (χ1) is 11.2. The van der Waals surface area contributed by atoms with E-state index in [4.69, 9.17) is 0 Å². The lowest BCUT2D eigenvalue weighted by molar-refractivity contribution is 0.103. The molecule has 0 spiro atoms. The minimum Gasteiger partial charge on any atom is -0.297 e. The van der Waals surface area contributed by atoms with Crippen LogP contribution in [0.2, 0.25) is 0 Å². The van der Waals surface area contributed by atoms with Crippen LogP contribution < -0.4 is 5.32 Å². The predicted molar refractivity (Wildman–Crippen MR) is 94.3 cm³/mol. The fourth-order valence-electron chi connectivity index (χ4n) is 2.26. The van der Waals surface area contributed by atoms with Crippen LogP contribution in [-0.2, 0) is 0 Å². The lowest BCUT2D eigenvalue weighted by atomic mass is 10.1. The van der Waals surface area contributed by atoms with Gasteiger partial charge in [-0.15, -0.1) is 22.7 Å². The molecule has 116 valence electrons. The van der Waals surface area contributed by atoms with Crippen molar-refractivity contribution in [1.82, 2.24) is 9.97 Å². The maximum Gasteiger partial charge on any atom is 0.269 e. The largest absolute Gasteiger partial charge is 0.297 e. The summed E-state index contributed by atoms with van der Waals surface area (Å²) in [4.78, 5) is 21.8. The molecule has 0 bridgehead atoms. The fourth-order valence-corrected chi connectivity index (χ4v) is 3.96. The molecule has 1 fully saturated rings. The average Bonchev–Trinajstić information content (AvgIpc) is 3.10. The Morgan fingerprint density at radius 3 is 2.78 bits per heavy atom. The Balaban J connectivity index is 1.48. The van der Waals surface area contributed by atoms with E-state index in [-0.39, 0.29) is 5.91 Å². The Labute approximate surface area is 142 Å². The van der Waals surface area contributed by atoms with Crippen LogP contribution >= 0.6 is 22.7 Å². The molecular formula is C17H15N3OS2. The van der Waals surface area contributed by atoms with Crippen LogP contribution in [0.15, 0.2) is 35.8 Å². The van der Waals surface area contributed by atoms with Gasteiger partial charge in [-0.1, -0.05) is 29.8 Å². The molecule has 1 aliphatic rings. The van der Waals surface area contributed by atoms with Crippen LogP contribution in [0.1, 0.15) is 39.0 Å². The van der Waals surface area contributed by atoms with Crippen molar-refractivity contribution in [2.75, 3.05) is 5.32 Å². The van der Waals surface area contributed by atoms with Crippen molar-refractivity contribution >= 4 is 33.7 Å².